The Morgan fingerprint density at radius 2 is 0.833 bits per heavy atom. The normalized spacial score (nSPS) is 12.6. The van der Waals surface area contributed by atoms with Crippen LogP contribution in [0.25, 0.3) is 11.1 Å². The highest BCUT2D eigenvalue weighted by molar-refractivity contribution is 5.78. The van der Waals surface area contributed by atoms with Crippen molar-refractivity contribution >= 4 is 0 Å². The van der Waals surface area contributed by atoms with Crippen LogP contribution in [0.15, 0.2) is 24.3 Å². The molecule has 0 unspecified atom stereocenters. The van der Waals surface area contributed by atoms with Crippen LogP contribution in [0.1, 0.15) is 33.4 Å². The van der Waals surface area contributed by atoms with Gasteiger partial charge in [-0.15, -0.1) is 0 Å². The predicted octanol–water partition coefficient (Wildman–Crippen LogP) is 6.62. The van der Waals surface area contributed by atoms with Crippen molar-refractivity contribution in [3.63, 3.8) is 0 Å². The number of hydrogen-bond acceptors (Lipinski definition) is 0. The van der Waals surface area contributed by atoms with Crippen LogP contribution in [0.2, 0.25) is 0 Å². The van der Waals surface area contributed by atoms with Gasteiger partial charge in [-0.2, -0.15) is 26.3 Å². The van der Waals surface area contributed by atoms with Crippen molar-refractivity contribution in [3.05, 3.63) is 57.6 Å². The van der Waals surface area contributed by atoms with Crippen molar-refractivity contribution in [1.82, 2.24) is 0 Å². The van der Waals surface area contributed by atoms with Crippen LogP contribution in [-0.2, 0) is 12.4 Å². The van der Waals surface area contributed by atoms with Crippen LogP contribution < -0.4 is 0 Å². The van der Waals surface area contributed by atoms with E-state index in [2.05, 4.69) is 0 Å². The average molecular weight is 346 g/mol. The summed E-state index contributed by atoms with van der Waals surface area (Å²) in [5.74, 6) is 0. The van der Waals surface area contributed by atoms with E-state index in [1.54, 1.807) is 0 Å². The molecule has 0 aliphatic carbocycles. The summed E-state index contributed by atoms with van der Waals surface area (Å²) in [6, 6.07) is 4.71. The molecule has 0 saturated carbocycles. The lowest BCUT2D eigenvalue weighted by Crippen LogP contribution is -2.14. The van der Waals surface area contributed by atoms with Gasteiger partial charge in [0.2, 0.25) is 0 Å². The van der Waals surface area contributed by atoms with E-state index in [1.165, 1.54) is 39.8 Å². The van der Waals surface area contributed by atoms with Gasteiger partial charge in [0.1, 0.15) is 0 Å². The lowest BCUT2D eigenvalue weighted by molar-refractivity contribution is -0.139. The van der Waals surface area contributed by atoms with Gasteiger partial charge in [-0.1, -0.05) is 23.3 Å². The fraction of sp³-hybridized carbons (Fsp3) is 0.333. The predicted molar refractivity (Wildman–Crippen MR) is 80.8 cm³/mol. The zero-order valence-corrected chi connectivity index (χ0v) is 13.6. The number of alkyl halides is 6. The largest absolute Gasteiger partial charge is 0.417 e. The average Bonchev–Trinajstić information content (AvgIpc) is 2.36. The Kier molecular flexibility index (Phi) is 4.46. The molecule has 0 spiro atoms. The number of rotatable bonds is 1. The van der Waals surface area contributed by atoms with Crippen molar-refractivity contribution in [1.29, 1.82) is 0 Å². The summed E-state index contributed by atoms with van der Waals surface area (Å²) in [5.41, 5.74) is -1.87. The monoisotopic (exact) mass is 346 g/mol. The third-order valence-corrected chi connectivity index (χ3v) is 3.82. The highest BCUT2D eigenvalue weighted by Crippen LogP contribution is 2.46. The van der Waals surface area contributed by atoms with E-state index < -0.39 is 34.6 Å². The molecule has 6 heteroatoms. The second kappa shape index (κ2) is 5.83. The maximum atomic E-state index is 13.5. The molecule has 0 fully saturated rings. The molecule has 2 rings (SSSR count). The molecule has 0 saturated heterocycles. The minimum Gasteiger partial charge on any atom is -0.166 e. The van der Waals surface area contributed by atoms with Crippen molar-refractivity contribution in [2.45, 2.75) is 40.0 Å². The van der Waals surface area contributed by atoms with E-state index in [0.717, 1.165) is 12.1 Å². The molecule has 0 bridgehead atoms. The zero-order chi connectivity index (χ0) is 18.4. The highest BCUT2D eigenvalue weighted by Gasteiger charge is 2.39. The summed E-state index contributed by atoms with van der Waals surface area (Å²) in [7, 11) is 0. The molecule has 130 valence electrons. The van der Waals surface area contributed by atoms with Crippen molar-refractivity contribution in [3.8, 4) is 11.1 Å². The first-order valence-corrected chi connectivity index (χ1v) is 7.19. The van der Waals surface area contributed by atoms with Gasteiger partial charge in [0, 0.05) is 0 Å². The molecule has 0 N–H and O–H groups in total. The molecule has 0 atom stereocenters. The van der Waals surface area contributed by atoms with Crippen LogP contribution >= 0.6 is 0 Å². The number of aryl methyl sites for hydroxylation is 4. The van der Waals surface area contributed by atoms with Gasteiger partial charge in [-0.05, 0) is 62.1 Å². The first-order valence-electron chi connectivity index (χ1n) is 7.19. The molecule has 2 aromatic rings. The Balaban J connectivity index is 2.98. The van der Waals surface area contributed by atoms with Gasteiger partial charge >= 0.3 is 12.4 Å². The molecule has 0 aromatic heterocycles. The van der Waals surface area contributed by atoms with Crippen molar-refractivity contribution < 1.29 is 26.3 Å². The van der Waals surface area contributed by atoms with E-state index in [1.807, 2.05) is 0 Å². The van der Waals surface area contributed by atoms with Crippen LogP contribution in [-0.4, -0.2) is 0 Å². The molecule has 2 aromatic carbocycles. The second-order valence-corrected chi connectivity index (χ2v) is 6.00. The van der Waals surface area contributed by atoms with Crippen molar-refractivity contribution in [2.75, 3.05) is 0 Å². The van der Waals surface area contributed by atoms with Gasteiger partial charge < -0.3 is 0 Å². The molecular weight excluding hydrogens is 330 g/mol. The molecule has 0 aliphatic rings. The fourth-order valence-electron chi connectivity index (χ4n) is 3.05. The van der Waals surface area contributed by atoms with Gasteiger partial charge in [0.05, 0.1) is 11.1 Å². The quantitative estimate of drug-likeness (QED) is 0.509. The zero-order valence-electron chi connectivity index (χ0n) is 13.6. The van der Waals surface area contributed by atoms with Crippen LogP contribution in [0, 0.1) is 27.7 Å². The number of benzene rings is 2. The molecule has 0 radical (unpaired) electrons. The van der Waals surface area contributed by atoms with Crippen LogP contribution in [0.4, 0.5) is 26.3 Å². The lowest BCUT2D eigenvalue weighted by Gasteiger charge is -2.22. The van der Waals surface area contributed by atoms with E-state index in [-0.39, 0.29) is 11.1 Å². The maximum absolute atomic E-state index is 13.5. The third-order valence-electron chi connectivity index (χ3n) is 3.82. The maximum Gasteiger partial charge on any atom is 0.417 e. The SMILES string of the molecule is Cc1cc(C)c(-c2c(C)cc(C)cc2C(F)(F)F)c(C(F)(F)F)c1. The van der Waals surface area contributed by atoms with Gasteiger partial charge in [0.15, 0.2) is 0 Å². The Morgan fingerprint density at radius 1 is 0.542 bits per heavy atom. The molecular formula is C18H16F6. The van der Waals surface area contributed by atoms with Gasteiger partial charge in [0.25, 0.3) is 0 Å². The van der Waals surface area contributed by atoms with Gasteiger partial charge in [-0.3, -0.25) is 0 Å². The molecule has 24 heavy (non-hydrogen) atoms. The Hall–Kier alpha value is -1.98. The van der Waals surface area contributed by atoms with Crippen LogP contribution in [0.5, 0.6) is 0 Å². The van der Waals surface area contributed by atoms with E-state index in [9.17, 15) is 26.3 Å². The Morgan fingerprint density at radius 3 is 1.08 bits per heavy atom. The summed E-state index contributed by atoms with van der Waals surface area (Å²) in [6.07, 6.45) is -9.49. The van der Waals surface area contributed by atoms with E-state index in [4.69, 9.17) is 0 Å². The first kappa shape index (κ1) is 18.4. The summed E-state index contributed by atoms with van der Waals surface area (Å²) in [6.45, 7) is 5.77. The minimum atomic E-state index is -4.74. The summed E-state index contributed by atoms with van der Waals surface area (Å²) < 4.78 is 80.7. The Bertz CT molecular complexity index is 714. The molecule has 0 nitrogen and oxygen atoms in total. The summed E-state index contributed by atoms with van der Waals surface area (Å²) in [5, 5.41) is 0. The minimum absolute atomic E-state index is 0.166. The lowest BCUT2D eigenvalue weighted by atomic mass is 9.86. The van der Waals surface area contributed by atoms with E-state index >= 15 is 0 Å². The summed E-state index contributed by atoms with van der Waals surface area (Å²) in [4.78, 5) is 0. The molecule has 0 amide bonds. The van der Waals surface area contributed by atoms with Crippen LogP contribution in [0.3, 0.4) is 0 Å². The Labute approximate surface area is 136 Å². The molecule has 0 aliphatic heterocycles. The topological polar surface area (TPSA) is 0 Å². The first-order chi connectivity index (χ1) is 10.8. The summed E-state index contributed by atoms with van der Waals surface area (Å²) >= 11 is 0. The second-order valence-electron chi connectivity index (χ2n) is 6.00. The standard InChI is InChI=1S/C18H16F6/c1-9-5-11(3)15(13(7-9)17(19,20)21)16-12(4)6-10(2)8-14(16)18(22,23)24/h5-8H,1-4H3. The highest BCUT2D eigenvalue weighted by atomic mass is 19.4. The number of halogens is 6. The third kappa shape index (κ3) is 3.42. The number of hydrogen-bond donors (Lipinski definition) is 0. The van der Waals surface area contributed by atoms with Gasteiger partial charge in [-0.25, -0.2) is 0 Å². The smallest absolute Gasteiger partial charge is 0.166 e. The molecule has 0 heterocycles. The van der Waals surface area contributed by atoms with E-state index in [0.29, 0.717) is 11.1 Å². The van der Waals surface area contributed by atoms with Crippen molar-refractivity contribution in [2.24, 2.45) is 0 Å². The fourth-order valence-corrected chi connectivity index (χ4v) is 3.05.